The van der Waals surface area contributed by atoms with Crippen LogP contribution in [-0.4, -0.2) is 31.1 Å². The molecule has 0 unspecified atom stereocenters. The van der Waals surface area contributed by atoms with Crippen molar-refractivity contribution in [3.05, 3.63) is 34.9 Å². The van der Waals surface area contributed by atoms with E-state index in [1.54, 1.807) is 0 Å². The summed E-state index contributed by atoms with van der Waals surface area (Å²) in [5.41, 5.74) is 4.64. The molecule has 1 aliphatic rings. The van der Waals surface area contributed by atoms with Crippen molar-refractivity contribution in [1.29, 1.82) is 0 Å². The van der Waals surface area contributed by atoms with E-state index < -0.39 is 0 Å². The monoisotopic (exact) mass is 274 g/mol. The van der Waals surface area contributed by atoms with Crippen molar-refractivity contribution >= 4 is 0 Å². The summed E-state index contributed by atoms with van der Waals surface area (Å²) in [5.74, 6) is 0.654. The summed E-state index contributed by atoms with van der Waals surface area (Å²) >= 11 is 0. The fourth-order valence-electron chi connectivity index (χ4n) is 2.72. The van der Waals surface area contributed by atoms with Crippen LogP contribution >= 0.6 is 0 Å². The maximum absolute atomic E-state index is 3.41. The van der Waals surface area contributed by atoms with Crippen LogP contribution in [0, 0.1) is 12.8 Å². The number of nitrogens with zero attached hydrogens (tertiary/aromatic N) is 1. The molecule has 1 fully saturated rings. The summed E-state index contributed by atoms with van der Waals surface area (Å²) in [5, 5.41) is 3.41. The lowest BCUT2D eigenvalue weighted by atomic mass is 9.74. The number of piperazine rings is 1. The fourth-order valence-corrected chi connectivity index (χ4v) is 2.72. The zero-order valence-corrected chi connectivity index (χ0v) is 13.8. The lowest BCUT2D eigenvalue weighted by Gasteiger charge is -2.31. The second kappa shape index (κ2) is 6.28. The number of benzene rings is 1. The van der Waals surface area contributed by atoms with Gasteiger partial charge in [-0.3, -0.25) is 4.90 Å². The number of nitrogens with one attached hydrogen (secondary N) is 1. The first-order chi connectivity index (χ1) is 9.41. The standard InChI is InChI=1S/C18H30N2/c1-14(2)18(4,5)17-7-6-16(15(3)12-17)13-20-10-8-19-9-11-20/h6-7,12,14,19H,8-11,13H2,1-5H3. The van der Waals surface area contributed by atoms with Gasteiger partial charge in [-0.1, -0.05) is 45.9 Å². The van der Waals surface area contributed by atoms with Crippen LogP contribution < -0.4 is 5.32 Å². The van der Waals surface area contributed by atoms with Gasteiger partial charge >= 0.3 is 0 Å². The number of rotatable bonds is 4. The van der Waals surface area contributed by atoms with Crippen LogP contribution in [0.2, 0.25) is 0 Å². The van der Waals surface area contributed by atoms with Crippen LogP contribution in [0.4, 0.5) is 0 Å². The van der Waals surface area contributed by atoms with Gasteiger partial charge in [0.1, 0.15) is 0 Å². The van der Waals surface area contributed by atoms with E-state index in [0.29, 0.717) is 5.92 Å². The minimum Gasteiger partial charge on any atom is -0.314 e. The third-order valence-electron chi connectivity index (χ3n) is 5.13. The zero-order chi connectivity index (χ0) is 14.8. The van der Waals surface area contributed by atoms with Crippen LogP contribution in [0.1, 0.15) is 44.4 Å². The van der Waals surface area contributed by atoms with E-state index in [9.17, 15) is 0 Å². The molecule has 1 aromatic rings. The molecule has 0 saturated carbocycles. The molecule has 1 aromatic carbocycles. The molecule has 2 heteroatoms. The molecule has 0 atom stereocenters. The van der Waals surface area contributed by atoms with Crippen LogP contribution in [0.3, 0.4) is 0 Å². The van der Waals surface area contributed by atoms with Crippen molar-refractivity contribution in [3.63, 3.8) is 0 Å². The molecule has 0 bridgehead atoms. The zero-order valence-electron chi connectivity index (χ0n) is 13.8. The highest BCUT2D eigenvalue weighted by Crippen LogP contribution is 2.32. The van der Waals surface area contributed by atoms with Crippen LogP contribution in [0.25, 0.3) is 0 Å². The summed E-state index contributed by atoms with van der Waals surface area (Å²) in [7, 11) is 0. The first-order valence-electron chi connectivity index (χ1n) is 7.94. The molecule has 0 amide bonds. The van der Waals surface area contributed by atoms with Gasteiger partial charge < -0.3 is 5.32 Å². The predicted octanol–water partition coefficient (Wildman–Crippen LogP) is 3.33. The SMILES string of the molecule is Cc1cc(C(C)(C)C(C)C)ccc1CN1CCNCC1. The molecular weight excluding hydrogens is 244 g/mol. The normalized spacial score (nSPS) is 17.7. The Balaban J connectivity index is 2.13. The van der Waals surface area contributed by atoms with E-state index in [1.807, 2.05) is 0 Å². The summed E-state index contributed by atoms with van der Waals surface area (Å²) in [4.78, 5) is 2.55. The summed E-state index contributed by atoms with van der Waals surface area (Å²) in [6, 6.07) is 7.08. The average Bonchev–Trinajstić information content (AvgIpc) is 2.42. The van der Waals surface area contributed by atoms with E-state index in [4.69, 9.17) is 0 Å². The maximum Gasteiger partial charge on any atom is 0.0237 e. The largest absolute Gasteiger partial charge is 0.314 e. The van der Waals surface area contributed by atoms with Crippen molar-refractivity contribution in [2.75, 3.05) is 26.2 Å². The minimum absolute atomic E-state index is 0.248. The van der Waals surface area contributed by atoms with Gasteiger partial charge in [0.05, 0.1) is 0 Å². The Bertz CT molecular complexity index is 443. The second-order valence-electron chi connectivity index (χ2n) is 7.04. The Labute approximate surface area is 124 Å². The molecule has 0 radical (unpaired) electrons. The molecule has 0 aromatic heterocycles. The lowest BCUT2D eigenvalue weighted by molar-refractivity contribution is 0.233. The molecule has 1 heterocycles. The summed E-state index contributed by atoms with van der Waals surface area (Å²) in [6.45, 7) is 17.2. The van der Waals surface area contributed by atoms with Gasteiger partial charge in [0.25, 0.3) is 0 Å². The van der Waals surface area contributed by atoms with E-state index in [2.05, 4.69) is 63.0 Å². The topological polar surface area (TPSA) is 15.3 Å². The van der Waals surface area contributed by atoms with Gasteiger partial charge in [-0.05, 0) is 34.9 Å². The Hall–Kier alpha value is -0.860. The van der Waals surface area contributed by atoms with Gasteiger partial charge in [-0.2, -0.15) is 0 Å². The van der Waals surface area contributed by atoms with Gasteiger partial charge in [-0.25, -0.2) is 0 Å². The molecule has 1 saturated heterocycles. The smallest absolute Gasteiger partial charge is 0.0237 e. The lowest BCUT2D eigenvalue weighted by Crippen LogP contribution is -2.43. The predicted molar refractivity (Wildman–Crippen MR) is 87.2 cm³/mol. The fraction of sp³-hybridized carbons (Fsp3) is 0.667. The molecular formula is C18H30N2. The molecule has 112 valence electrons. The Morgan fingerprint density at radius 3 is 2.40 bits per heavy atom. The highest BCUT2D eigenvalue weighted by atomic mass is 15.2. The molecule has 1 N–H and O–H groups in total. The minimum atomic E-state index is 0.248. The van der Waals surface area contributed by atoms with Crippen LogP contribution in [-0.2, 0) is 12.0 Å². The van der Waals surface area contributed by atoms with Crippen molar-refractivity contribution in [2.45, 2.75) is 46.6 Å². The molecule has 0 spiro atoms. The molecule has 2 rings (SSSR count). The van der Waals surface area contributed by atoms with E-state index in [-0.39, 0.29) is 5.41 Å². The van der Waals surface area contributed by atoms with Crippen molar-refractivity contribution < 1.29 is 0 Å². The Morgan fingerprint density at radius 1 is 1.20 bits per heavy atom. The van der Waals surface area contributed by atoms with Crippen molar-refractivity contribution in [3.8, 4) is 0 Å². The van der Waals surface area contributed by atoms with Crippen molar-refractivity contribution in [1.82, 2.24) is 10.2 Å². The third-order valence-corrected chi connectivity index (χ3v) is 5.13. The van der Waals surface area contributed by atoms with Crippen LogP contribution in [0.5, 0.6) is 0 Å². The summed E-state index contributed by atoms with van der Waals surface area (Å²) in [6.07, 6.45) is 0. The second-order valence-corrected chi connectivity index (χ2v) is 7.04. The first-order valence-corrected chi connectivity index (χ1v) is 7.94. The van der Waals surface area contributed by atoms with Crippen molar-refractivity contribution in [2.24, 2.45) is 5.92 Å². The van der Waals surface area contributed by atoms with E-state index in [0.717, 1.165) is 19.6 Å². The van der Waals surface area contributed by atoms with Gasteiger partial charge in [0, 0.05) is 32.7 Å². The van der Waals surface area contributed by atoms with Gasteiger partial charge in [0.2, 0.25) is 0 Å². The summed E-state index contributed by atoms with van der Waals surface area (Å²) < 4.78 is 0. The molecule has 2 nitrogen and oxygen atoms in total. The number of hydrogen-bond donors (Lipinski definition) is 1. The highest BCUT2D eigenvalue weighted by molar-refractivity contribution is 5.35. The third kappa shape index (κ3) is 3.42. The maximum atomic E-state index is 3.41. The van der Waals surface area contributed by atoms with Gasteiger partial charge in [-0.15, -0.1) is 0 Å². The Kier molecular flexibility index (Phi) is 4.87. The molecule has 20 heavy (non-hydrogen) atoms. The molecule has 1 aliphatic heterocycles. The average molecular weight is 274 g/mol. The van der Waals surface area contributed by atoms with E-state index >= 15 is 0 Å². The first kappa shape index (κ1) is 15.5. The molecule has 0 aliphatic carbocycles. The highest BCUT2D eigenvalue weighted by Gasteiger charge is 2.25. The Morgan fingerprint density at radius 2 is 1.85 bits per heavy atom. The number of aryl methyl sites for hydroxylation is 1. The quantitative estimate of drug-likeness (QED) is 0.906. The van der Waals surface area contributed by atoms with Gasteiger partial charge in [0.15, 0.2) is 0 Å². The number of hydrogen-bond acceptors (Lipinski definition) is 2. The van der Waals surface area contributed by atoms with E-state index in [1.165, 1.54) is 29.8 Å². The van der Waals surface area contributed by atoms with Crippen LogP contribution in [0.15, 0.2) is 18.2 Å².